The van der Waals surface area contributed by atoms with Crippen molar-refractivity contribution in [3.63, 3.8) is 0 Å². The van der Waals surface area contributed by atoms with Gasteiger partial charge in [0.1, 0.15) is 0 Å². The van der Waals surface area contributed by atoms with Gasteiger partial charge in [-0.15, -0.1) is 12.4 Å². The molecule has 0 spiro atoms. The van der Waals surface area contributed by atoms with E-state index in [-0.39, 0.29) is 29.8 Å². The first-order chi connectivity index (χ1) is 9.29. The van der Waals surface area contributed by atoms with E-state index in [0.29, 0.717) is 13.0 Å². The van der Waals surface area contributed by atoms with E-state index < -0.39 is 6.10 Å². The van der Waals surface area contributed by atoms with Crippen LogP contribution in [-0.4, -0.2) is 36.8 Å². The average molecular weight is 313 g/mol. The number of nitrogens with zero attached hydrogens (tertiary/aromatic N) is 1. The van der Waals surface area contributed by atoms with Crippen molar-refractivity contribution < 1.29 is 9.90 Å². The Labute approximate surface area is 132 Å². The average Bonchev–Trinajstić information content (AvgIpc) is 2.83. The standard InChI is InChI=1S/C16H24N2O2.ClH/c1-16(2,3)11-5-7-12(8-6-11)18(4)15(20)14-9-13(19)10-17-14;/h5-8,13-14,17,19H,9-10H2,1-4H3;1H. The third kappa shape index (κ3) is 4.19. The zero-order valence-corrected chi connectivity index (χ0v) is 13.9. The Morgan fingerprint density at radius 3 is 2.29 bits per heavy atom. The van der Waals surface area contributed by atoms with Crippen LogP contribution in [0, 0.1) is 0 Å². The normalized spacial score (nSPS) is 21.8. The molecule has 2 atom stereocenters. The van der Waals surface area contributed by atoms with Crippen molar-refractivity contribution in [2.45, 2.75) is 44.8 Å². The molecular weight excluding hydrogens is 288 g/mol. The second kappa shape index (κ2) is 6.77. The maximum absolute atomic E-state index is 12.3. The number of carbonyl (C=O) groups is 1. The topological polar surface area (TPSA) is 52.6 Å². The fourth-order valence-electron chi connectivity index (χ4n) is 2.45. The van der Waals surface area contributed by atoms with Crippen molar-refractivity contribution in [1.82, 2.24) is 5.32 Å². The number of aliphatic hydroxyl groups is 1. The molecule has 21 heavy (non-hydrogen) atoms. The maximum atomic E-state index is 12.3. The molecule has 0 saturated carbocycles. The number of hydrogen-bond donors (Lipinski definition) is 2. The fourth-order valence-corrected chi connectivity index (χ4v) is 2.45. The first kappa shape index (κ1) is 18.0. The Bertz CT molecular complexity index is 482. The van der Waals surface area contributed by atoms with E-state index in [9.17, 15) is 9.90 Å². The van der Waals surface area contributed by atoms with Gasteiger partial charge in [-0.05, 0) is 29.5 Å². The Kier molecular flexibility index (Phi) is 5.79. The third-order valence-corrected chi connectivity index (χ3v) is 3.86. The lowest BCUT2D eigenvalue weighted by atomic mass is 9.87. The predicted molar refractivity (Wildman–Crippen MR) is 88.2 cm³/mol. The molecule has 5 heteroatoms. The van der Waals surface area contributed by atoms with Gasteiger partial charge in [0.2, 0.25) is 5.91 Å². The molecule has 1 aliphatic heterocycles. The van der Waals surface area contributed by atoms with Crippen molar-refractivity contribution >= 4 is 24.0 Å². The Hall–Kier alpha value is -1.10. The highest BCUT2D eigenvalue weighted by Gasteiger charge is 2.30. The molecule has 1 aromatic carbocycles. The van der Waals surface area contributed by atoms with Crippen LogP contribution in [0.15, 0.2) is 24.3 Å². The Morgan fingerprint density at radius 2 is 1.86 bits per heavy atom. The van der Waals surface area contributed by atoms with Gasteiger partial charge in [0.05, 0.1) is 12.1 Å². The zero-order chi connectivity index (χ0) is 14.9. The minimum absolute atomic E-state index is 0. The van der Waals surface area contributed by atoms with Gasteiger partial charge in [-0.2, -0.15) is 0 Å². The molecule has 1 heterocycles. The van der Waals surface area contributed by atoms with Gasteiger partial charge in [0.25, 0.3) is 0 Å². The lowest BCUT2D eigenvalue weighted by Crippen LogP contribution is -2.41. The van der Waals surface area contributed by atoms with Crippen molar-refractivity contribution in [1.29, 1.82) is 0 Å². The molecule has 2 rings (SSSR count). The zero-order valence-electron chi connectivity index (χ0n) is 13.1. The number of halogens is 1. The number of hydrogen-bond acceptors (Lipinski definition) is 3. The summed E-state index contributed by atoms with van der Waals surface area (Å²) < 4.78 is 0. The maximum Gasteiger partial charge on any atom is 0.243 e. The van der Waals surface area contributed by atoms with Crippen LogP contribution >= 0.6 is 12.4 Å². The van der Waals surface area contributed by atoms with Gasteiger partial charge in [0.15, 0.2) is 0 Å². The predicted octanol–water partition coefficient (Wildman–Crippen LogP) is 2.09. The highest BCUT2D eigenvalue weighted by atomic mass is 35.5. The van der Waals surface area contributed by atoms with E-state index in [1.165, 1.54) is 5.56 Å². The van der Waals surface area contributed by atoms with Gasteiger partial charge in [-0.1, -0.05) is 32.9 Å². The molecule has 2 N–H and O–H groups in total. The summed E-state index contributed by atoms with van der Waals surface area (Å²) in [7, 11) is 1.78. The molecule has 1 aliphatic rings. The number of likely N-dealkylation sites (N-methyl/N-ethyl adjacent to an activating group) is 1. The molecule has 0 bridgehead atoms. The molecule has 1 amide bonds. The number of nitrogens with one attached hydrogen (secondary N) is 1. The molecule has 4 nitrogen and oxygen atoms in total. The molecule has 1 saturated heterocycles. The number of rotatable bonds is 2. The summed E-state index contributed by atoms with van der Waals surface area (Å²) in [5, 5.41) is 12.5. The molecule has 0 radical (unpaired) electrons. The molecular formula is C16H25ClN2O2. The van der Waals surface area contributed by atoms with Crippen LogP contribution in [0.5, 0.6) is 0 Å². The van der Waals surface area contributed by atoms with E-state index in [2.05, 4.69) is 38.2 Å². The number of amides is 1. The summed E-state index contributed by atoms with van der Waals surface area (Å²) in [5.74, 6) is 0.00468. The van der Waals surface area contributed by atoms with E-state index >= 15 is 0 Å². The van der Waals surface area contributed by atoms with Gasteiger partial charge in [-0.3, -0.25) is 4.79 Å². The minimum Gasteiger partial charge on any atom is -0.392 e. The molecule has 0 aromatic heterocycles. The smallest absolute Gasteiger partial charge is 0.243 e. The third-order valence-electron chi connectivity index (χ3n) is 3.86. The summed E-state index contributed by atoms with van der Waals surface area (Å²) in [6.07, 6.45) is 0.0732. The van der Waals surface area contributed by atoms with Gasteiger partial charge in [-0.25, -0.2) is 0 Å². The molecule has 2 unspecified atom stereocenters. The van der Waals surface area contributed by atoms with E-state index in [1.807, 2.05) is 12.1 Å². The monoisotopic (exact) mass is 312 g/mol. The Morgan fingerprint density at radius 1 is 1.29 bits per heavy atom. The number of anilines is 1. The summed E-state index contributed by atoms with van der Waals surface area (Å²) in [4.78, 5) is 14.0. The number of aliphatic hydroxyl groups excluding tert-OH is 1. The summed E-state index contributed by atoms with van der Waals surface area (Å²) >= 11 is 0. The van der Waals surface area contributed by atoms with Crippen molar-refractivity contribution in [3.05, 3.63) is 29.8 Å². The van der Waals surface area contributed by atoms with Crippen molar-refractivity contribution in [2.75, 3.05) is 18.5 Å². The largest absolute Gasteiger partial charge is 0.392 e. The summed E-state index contributed by atoms with van der Waals surface area (Å²) in [6.45, 7) is 7.00. The highest BCUT2D eigenvalue weighted by Crippen LogP contribution is 2.25. The van der Waals surface area contributed by atoms with Gasteiger partial charge >= 0.3 is 0 Å². The SMILES string of the molecule is CN(C(=O)C1CC(O)CN1)c1ccc(C(C)(C)C)cc1.Cl. The van der Waals surface area contributed by atoms with Crippen LogP contribution in [0.1, 0.15) is 32.8 Å². The van der Waals surface area contributed by atoms with Crippen LogP contribution in [0.2, 0.25) is 0 Å². The Balaban J connectivity index is 0.00000220. The fraction of sp³-hybridized carbons (Fsp3) is 0.562. The molecule has 118 valence electrons. The second-order valence-corrected chi connectivity index (χ2v) is 6.54. The summed E-state index contributed by atoms with van der Waals surface area (Å²) in [6, 6.07) is 7.80. The highest BCUT2D eigenvalue weighted by molar-refractivity contribution is 5.96. The first-order valence-corrected chi connectivity index (χ1v) is 7.08. The number of β-amino-alcohol motifs (C(OH)–C–C–N with tert-alkyl or cyclic N) is 1. The van der Waals surface area contributed by atoms with Gasteiger partial charge < -0.3 is 15.3 Å². The van der Waals surface area contributed by atoms with Crippen LogP contribution < -0.4 is 10.2 Å². The van der Waals surface area contributed by atoms with Crippen LogP contribution in [0.3, 0.4) is 0 Å². The minimum atomic E-state index is -0.416. The lowest BCUT2D eigenvalue weighted by molar-refractivity contribution is -0.120. The second-order valence-electron chi connectivity index (χ2n) is 6.54. The lowest BCUT2D eigenvalue weighted by Gasteiger charge is -2.23. The van der Waals surface area contributed by atoms with Crippen LogP contribution in [-0.2, 0) is 10.2 Å². The quantitative estimate of drug-likeness (QED) is 0.879. The van der Waals surface area contributed by atoms with E-state index in [1.54, 1.807) is 11.9 Å². The summed E-state index contributed by atoms with van der Waals surface area (Å²) in [5.41, 5.74) is 2.24. The van der Waals surface area contributed by atoms with Crippen LogP contribution in [0.25, 0.3) is 0 Å². The van der Waals surface area contributed by atoms with E-state index in [0.717, 1.165) is 5.69 Å². The first-order valence-electron chi connectivity index (χ1n) is 7.08. The van der Waals surface area contributed by atoms with Crippen molar-refractivity contribution in [3.8, 4) is 0 Å². The van der Waals surface area contributed by atoms with Crippen LogP contribution in [0.4, 0.5) is 5.69 Å². The number of carbonyl (C=O) groups excluding carboxylic acids is 1. The van der Waals surface area contributed by atoms with E-state index in [4.69, 9.17) is 0 Å². The number of benzene rings is 1. The van der Waals surface area contributed by atoms with Gasteiger partial charge in [0, 0.05) is 19.3 Å². The molecule has 0 aliphatic carbocycles. The molecule has 1 fully saturated rings. The van der Waals surface area contributed by atoms with Crippen molar-refractivity contribution in [2.24, 2.45) is 0 Å². The molecule has 1 aromatic rings.